The zero-order chi connectivity index (χ0) is 18.0. The number of hydrogen-bond donors (Lipinski definition) is 1. The van der Waals surface area contributed by atoms with Gasteiger partial charge >= 0.3 is 0 Å². The van der Waals surface area contributed by atoms with Gasteiger partial charge in [0.25, 0.3) is 5.91 Å². The topological polar surface area (TPSA) is 49.4 Å². The number of amides is 2. The third kappa shape index (κ3) is 4.20. The second kappa shape index (κ2) is 7.28. The fourth-order valence-corrected chi connectivity index (χ4v) is 3.09. The molecule has 3 rings (SSSR count). The third-order valence-electron chi connectivity index (χ3n) is 4.40. The molecule has 0 aliphatic heterocycles. The number of carbonyl (C=O) groups is 2. The molecule has 2 aromatic carbocycles. The van der Waals surface area contributed by atoms with Crippen molar-refractivity contribution < 1.29 is 9.59 Å². The van der Waals surface area contributed by atoms with Gasteiger partial charge in [0.1, 0.15) is 0 Å². The first-order valence-electron chi connectivity index (χ1n) is 8.41. The number of benzene rings is 2. The lowest BCUT2D eigenvalue weighted by molar-refractivity contribution is -0.114. The van der Waals surface area contributed by atoms with Crippen LogP contribution in [0.15, 0.2) is 48.5 Å². The van der Waals surface area contributed by atoms with E-state index in [-0.39, 0.29) is 23.9 Å². The van der Waals surface area contributed by atoms with Crippen LogP contribution < -0.4 is 5.32 Å². The molecule has 1 fully saturated rings. The van der Waals surface area contributed by atoms with Gasteiger partial charge in [0.05, 0.1) is 6.04 Å². The summed E-state index contributed by atoms with van der Waals surface area (Å²) in [5.74, 6) is -0.116. The quantitative estimate of drug-likeness (QED) is 0.846. The number of anilines is 1. The maximum absolute atomic E-state index is 13.1. The summed E-state index contributed by atoms with van der Waals surface area (Å²) in [6, 6.07) is 14.9. The Morgan fingerprint density at radius 1 is 1.08 bits per heavy atom. The van der Waals surface area contributed by atoms with E-state index in [2.05, 4.69) is 5.32 Å². The predicted molar refractivity (Wildman–Crippen MR) is 99.8 cm³/mol. The summed E-state index contributed by atoms with van der Waals surface area (Å²) < 4.78 is 0. The van der Waals surface area contributed by atoms with E-state index in [1.165, 1.54) is 6.92 Å². The lowest BCUT2D eigenvalue weighted by Crippen LogP contribution is -2.35. The molecule has 5 heteroatoms. The molecular formula is C20H21ClN2O2. The molecular weight excluding hydrogens is 336 g/mol. The first-order valence-corrected chi connectivity index (χ1v) is 8.79. The van der Waals surface area contributed by atoms with Crippen LogP contribution in [-0.4, -0.2) is 22.8 Å². The molecule has 130 valence electrons. The average molecular weight is 357 g/mol. The number of halogens is 1. The molecule has 2 amide bonds. The monoisotopic (exact) mass is 356 g/mol. The molecule has 1 aliphatic rings. The van der Waals surface area contributed by atoms with Gasteiger partial charge in [0.15, 0.2) is 0 Å². The minimum Gasteiger partial charge on any atom is -0.329 e. The van der Waals surface area contributed by atoms with E-state index in [0.717, 1.165) is 18.4 Å². The maximum Gasteiger partial charge on any atom is 0.254 e. The van der Waals surface area contributed by atoms with Crippen molar-refractivity contribution in [1.29, 1.82) is 0 Å². The largest absolute Gasteiger partial charge is 0.329 e. The molecule has 1 saturated carbocycles. The van der Waals surface area contributed by atoms with Crippen LogP contribution in [0.5, 0.6) is 0 Å². The van der Waals surface area contributed by atoms with Gasteiger partial charge in [-0.05, 0) is 61.7 Å². The second-order valence-electron chi connectivity index (χ2n) is 6.43. The van der Waals surface area contributed by atoms with E-state index >= 15 is 0 Å². The van der Waals surface area contributed by atoms with E-state index < -0.39 is 0 Å². The van der Waals surface area contributed by atoms with Crippen molar-refractivity contribution in [2.24, 2.45) is 0 Å². The molecule has 0 heterocycles. The number of rotatable bonds is 5. The van der Waals surface area contributed by atoms with Gasteiger partial charge < -0.3 is 10.2 Å². The van der Waals surface area contributed by atoms with Gasteiger partial charge in [-0.25, -0.2) is 0 Å². The minimum atomic E-state index is -0.130. The van der Waals surface area contributed by atoms with E-state index in [4.69, 9.17) is 11.6 Å². The summed E-state index contributed by atoms with van der Waals surface area (Å²) in [5, 5.41) is 3.40. The Labute approximate surface area is 152 Å². The fourth-order valence-electron chi connectivity index (χ4n) is 2.96. The van der Waals surface area contributed by atoms with Gasteiger partial charge in [-0.2, -0.15) is 0 Å². The van der Waals surface area contributed by atoms with Crippen LogP contribution in [-0.2, 0) is 4.79 Å². The van der Waals surface area contributed by atoms with Gasteiger partial charge in [0.2, 0.25) is 5.91 Å². The molecule has 1 aliphatic carbocycles. The highest BCUT2D eigenvalue weighted by molar-refractivity contribution is 6.30. The van der Waals surface area contributed by atoms with Crippen molar-refractivity contribution in [1.82, 2.24) is 4.90 Å². The van der Waals surface area contributed by atoms with Crippen LogP contribution in [0.2, 0.25) is 5.02 Å². The van der Waals surface area contributed by atoms with E-state index in [9.17, 15) is 9.59 Å². The molecule has 0 bridgehead atoms. The Morgan fingerprint density at radius 2 is 1.68 bits per heavy atom. The normalized spacial score (nSPS) is 14.7. The highest BCUT2D eigenvalue weighted by Gasteiger charge is 2.36. The van der Waals surface area contributed by atoms with Crippen molar-refractivity contribution in [2.75, 3.05) is 5.32 Å². The van der Waals surface area contributed by atoms with E-state index in [0.29, 0.717) is 16.3 Å². The number of hydrogen-bond acceptors (Lipinski definition) is 2. The predicted octanol–water partition coefficient (Wildman–Crippen LogP) is 4.66. The average Bonchev–Trinajstić information content (AvgIpc) is 3.40. The number of nitrogens with one attached hydrogen (secondary N) is 1. The molecule has 0 radical (unpaired) electrons. The van der Waals surface area contributed by atoms with Crippen molar-refractivity contribution in [3.8, 4) is 0 Å². The molecule has 0 saturated heterocycles. The Morgan fingerprint density at radius 3 is 2.20 bits per heavy atom. The Hall–Kier alpha value is -2.33. The molecule has 1 atom stereocenters. The maximum atomic E-state index is 13.1. The minimum absolute atomic E-state index is 0.0133. The summed E-state index contributed by atoms with van der Waals surface area (Å²) in [7, 11) is 0. The van der Waals surface area contributed by atoms with E-state index in [1.807, 2.05) is 36.1 Å². The van der Waals surface area contributed by atoms with Crippen LogP contribution >= 0.6 is 11.6 Å². The Kier molecular flexibility index (Phi) is 5.09. The molecule has 2 aromatic rings. The fraction of sp³-hybridized carbons (Fsp3) is 0.300. The van der Waals surface area contributed by atoms with Crippen LogP contribution in [0.3, 0.4) is 0 Å². The highest BCUT2D eigenvalue weighted by Crippen LogP contribution is 2.36. The van der Waals surface area contributed by atoms with Gasteiger partial charge in [-0.1, -0.05) is 23.7 Å². The first-order chi connectivity index (χ1) is 12.0. The smallest absolute Gasteiger partial charge is 0.254 e. The van der Waals surface area contributed by atoms with Gasteiger partial charge in [-0.3, -0.25) is 9.59 Å². The van der Waals surface area contributed by atoms with Crippen LogP contribution in [0.25, 0.3) is 0 Å². The van der Waals surface area contributed by atoms with Crippen molar-refractivity contribution in [2.45, 2.75) is 38.8 Å². The number of carbonyl (C=O) groups excluding carboxylic acids is 2. The third-order valence-corrected chi connectivity index (χ3v) is 4.65. The highest BCUT2D eigenvalue weighted by atomic mass is 35.5. The lowest BCUT2D eigenvalue weighted by Gasteiger charge is -2.30. The Bertz CT molecular complexity index is 767. The molecule has 0 aromatic heterocycles. The van der Waals surface area contributed by atoms with Crippen LogP contribution in [0.4, 0.5) is 5.69 Å². The standard InChI is InChI=1S/C20H21ClN2O2/c1-13(15-3-7-17(21)8-4-15)23(19-11-12-19)20(25)16-5-9-18(10-6-16)22-14(2)24/h3-10,13,19H,11-12H2,1-2H3,(H,22,24). The summed E-state index contributed by atoms with van der Waals surface area (Å²) in [4.78, 5) is 26.1. The zero-order valence-electron chi connectivity index (χ0n) is 14.3. The van der Waals surface area contributed by atoms with E-state index in [1.54, 1.807) is 24.3 Å². The van der Waals surface area contributed by atoms with Gasteiger partial charge in [-0.15, -0.1) is 0 Å². The van der Waals surface area contributed by atoms with Crippen LogP contribution in [0.1, 0.15) is 48.7 Å². The SMILES string of the molecule is CC(=O)Nc1ccc(C(=O)N(C2CC2)C(C)c2ccc(Cl)cc2)cc1. The molecule has 4 nitrogen and oxygen atoms in total. The molecule has 25 heavy (non-hydrogen) atoms. The second-order valence-corrected chi connectivity index (χ2v) is 6.87. The molecule has 1 unspecified atom stereocenters. The lowest BCUT2D eigenvalue weighted by atomic mass is 10.0. The van der Waals surface area contributed by atoms with Crippen molar-refractivity contribution in [3.05, 3.63) is 64.7 Å². The Balaban J connectivity index is 1.81. The number of nitrogens with zero attached hydrogens (tertiary/aromatic N) is 1. The molecule has 1 N–H and O–H groups in total. The molecule has 0 spiro atoms. The first kappa shape index (κ1) is 17.5. The van der Waals surface area contributed by atoms with Crippen LogP contribution in [0, 0.1) is 0 Å². The summed E-state index contributed by atoms with van der Waals surface area (Å²) in [5.41, 5.74) is 2.38. The van der Waals surface area contributed by atoms with Crippen molar-refractivity contribution in [3.63, 3.8) is 0 Å². The summed E-state index contributed by atoms with van der Waals surface area (Å²) in [6.07, 6.45) is 2.07. The zero-order valence-corrected chi connectivity index (χ0v) is 15.1. The summed E-state index contributed by atoms with van der Waals surface area (Å²) >= 11 is 5.97. The van der Waals surface area contributed by atoms with Gasteiger partial charge in [0, 0.05) is 29.2 Å². The van der Waals surface area contributed by atoms with Crippen molar-refractivity contribution >= 4 is 29.1 Å². The summed E-state index contributed by atoms with van der Waals surface area (Å²) in [6.45, 7) is 3.51.